The summed E-state index contributed by atoms with van der Waals surface area (Å²) in [6, 6.07) is 7.03. The molecule has 1 aromatic carbocycles. The molecule has 2 rings (SSSR count). The van der Waals surface area contributed by atoms with Gasteiger partial charge in [0.05, 0.1) is 19.1 Å². The highest BCUT2D eigenvalue weighted by molar-refractivity contribution is 5.91. The topological polar surface area (TPSA) is 84.9 Å². The number of anilines is 1. The Kier molecular flexibility index (Phi) is 6.21. The summed E-state index contributed by atoms with van der Waals surface area (Å²) in [7, 11) is 0. The van der Waals surface area contributed by atoms with E-state index in [1.807, 2.05) is 0 Å². The lowest BCUT2D eigenvalue weighted by Gasteiger charge is -2.10. The fraction of sp³-hybridized carbons (Fsp3) is 0.500. The van der Waals surface area contributed by atoms with Gasteiger partial charge in [-0.25, -0.2) is 0 Å². The number of aliphatic carboxylic acids is 1. The molecule has 0 bridgehead atoms. The van der Waals surface area contributed by atoms with Crippen LogP contribution in [0.25, 0.3) is 0 Å². The van der Waals surface area contributed by atoms with Gasteiger partial charge in [0.1, 0.15) is 5.75 Å². The molecule has 1 unspecified atom stereocenters. The third kappa shape index (κ3) is 5.73. The zero-order valence-corrected chi connectivity index (χ0v) is 12.4. The molecule has 1 aliphatic rings. The summed E-state index contributed by atoms with van der Waals surface area (Å²) >= 11 is 0. The highest BCUT2D eigenvalue weighted by Gasteiger charge is 2.18. The van der Waals surface area contributed by atoms with Gasteiger partial charge in [-0.15, -0.1) is 0 Å². The third-order valence-corrected chi connectivity index (χ3v) is 3.38. The number of carboxylic acid groups (broad SMARTS) is 1. The van der Waals surface area contributed by atoms with Crippen molar-refractivity contribution in [1.82, 2.24) is 0 Å². The average Bonchev–Trinajstić information content (AvgIpc) is 2.98. The van der Waals surface area contributed by atoms with E-state index < -0.39 is 5.97 Å². The van der Waals surface area contributed by atoms with Gasteiger partial charge in [-0.2, -0.15) is 0 Å². The van der Waals surface area contributed by atoms with Crippen molar-refractivity contribution >= 4 is 17.6 Å². The monoisotopic (exact) mass is 307 g/mol. The van der Waals surface area contributed by atoms with Crippen LogP contribution in [-0.2, 0) is 14.3 Å². The van der Waals surface area contributed by atoms with Crippen LogP contribution in [0.2, 0.25) is 0 Å². The van der Waals surface area contributed by atoms with Crippen LogP contribution in [0, 0.1) is 0 Å². The second kappa shape index (κ2) is 8.38. The maximum absolute atomic E-state index is 11.9. The van der Waals surface area contributed by atoms with Crippen LogP contribution in [0.1, 0.15) is 32.1 Å². The SMILES string of the molecule is O=C(O)CCCOc1ccc(NC(=O)CC2CCCO2)cc1. The molecule has 1 amide bonds. The van der Waals surface area contributed by atoms with Crippen LogP contribution >= 0.6 is 0 Å². The predicted octanol–water partition coefficient (Wildman–Crippen LogP) is 2.44. The first-order valence-corrected chi connectivity index (χ1v) is 7.49. The highest BCUT2D eigenvalue weighted by atomic mass is 16.5. The second-order valence-electron chi connectivity index (χ2n) is 5.26. The summed E-state index contributed by atoms with van der Waals surface area (Å²) in [6.07, 6.45) is 2.94. The standard InChI is InChI=1S/C16H21NO5/c18-15(11-14-3-1-9-22-14)17-12-5-7-13(8-6-12)21-10-2-4-16(19)20/h5-8,14H,1-4,9-11H2,(H,17,18)(H,19,20). The van der Waals surface area contributed by atoms with Crippen molar-refractivity contribution in [3.05, 3.63) is 24.3 Å². The molecule has 0 spiro atoms. The lowest BCUT2D eigenvalue weighted by atomic mass is 10.2. The summed E-state index contributed by atoms with van der Waals surface area (Å²) in [5.41, 5.74) is 0.709. The Morgan fingerprint density at radius 3 is 2.73 bits per heavy atom. The number of rotatable bonds is 8. The number of ether oxygens (including phenoxy) is 2. The van der Waals surface area contributed by atoms with Crippen LogP contribution < -0.4 is 10.1 Å². The molecular weight excluding hydrogens is 286 g/mol. The van der Waals surface area contributed by atoms with E-state index in [2.05, 4.69) is 5.32 Å². The summed E-state index contributed by atoms with van der Waals surface area (Å²) in [6.45, 7) is 1.10. The molecule has 0 aromatic heterocycles. The van der Waals surface area contributed by atoms with Crippen molar-refractivity contribution in [2.24, 2.45) is 0 Å². The second-order valence-corrected chi connectivity index (χ2v) is 5.26. The predicted molar refractivity (Wildman–Crippen MR) is 81.0 cm³/mol. The van der Waals surface area contributed by atoms with E-state index in [1.165, 1.54) is 0 Å². The molecule has 0 aliphatic carbocycles. The van der Waals surface area contributed by atoms with Gasteiger partial charge in [0.25, 0.3) is 0 Å². The molecule has 120 valence electrons. The van der Waals surface area contributed by atoms with Crippen LogP contribution in [0.4, 0.5) is 5.69 Å². The van der Waals surface area contributed by atoms with Gasteiger partial charge in [0, 0.05) is 18.7 Å². The van der Waals surface area contributed by atoms with Crippen molar-refractivity contribution in [2.45, 2.75) is 38.2 Å². The Bertz CT molecular complexity index is 494. The molecular formula is C16H21NO5. The molecule has 2 N–H and O–H groups in total. The lowest BCUT2D eigenvalue weighted by Crippen LogP contribution is -2.19. The fourth-order valence-corrected chi connectivity index (χ4v) is 2.27. The number of hydrogen-bond acceptors (Lipinski definition) is 4. The van der Waals surface area contributed by atoms with Gasteiger partial charge in [-0.3, -0.25) is 9.59 Å². The smallest absolute Gasteiger partial charge is 0.303 e. The van der Waals surface area contributed by atoms with E-state index in [1.54, 1.807) is 24.3 Å². The Hall–Kier alpha value is -2.08. The van der Waals surface area contributed by atoms with Crippen LogP contribution in [0.3, 0.4) is 0 Å². The molecule has 1 atom stereocenters. The lowest BCUT2D eigenvalue weighted by molar-refractivity contribution is -0.137. The first kappa shape index (κ1) is 16.3. The van der Waals surface area contributed by atoms with Gasteiger partial charge in [-0.1, -0.05) is 0 Å². The quantitative estimate of drug-likeness (QED) is 0.721. The molecule has 1 saturated heterocycles. The van der Waals surface area contributed by atoms with Crippen molar-refractivity contribution in [2.75, 3.05) is 18.5 Å². The summed E-state index contributed by atoms with van der Waals surface area (Å²) in [5.74, 6) is -0.225. The number of carboxylic acids is 1. The van der Waals surface area contributed by atoms with E-state index in [0.717, 1.165) is 19.4 Å². The van der Waals surface area contributed by atoms with Crippen LogP contribution in [0.5, 0.6) is 5.75 Å². The minimum absolute atomic E-state index is 0.0387. The van der Waals surface area contributed by atoms with Crippen molar-refractivity contribution in [3.8, 4) is 5.75 Å². The van der Waals surface area contributed by atoms with Crippen molar-refractivity contribution in [1.29, 1.82) is 0 Å². The van der Waals surface area contributed by atoms with Crippen molar-refractivity contribution < 1.29 is 24.2 Å². The minimum atomic E-state index is -0.826. The Morgan fingerprint density at radius 1 is 1.32 bits per heavy atom. The minimum Gasteiger partial charge on any atom is -0.494 e. The summed E-state index contributed by atoms with van der Waals surface area (Å²) in [5, 5.41) is 11.4. The maximum Gasteiger partial charge on any atom is 0.303 e. The number of carbonyl (C=O) groups excluding carboxylic acids is 1. The van der Waals surface area contributed by atoms with Gasteiger partial charge in [-0.05, 0) is 43.5 Å². The molecule has 22 heavy (non-hydrogen) atoms. The summed E-state index contributed by atoms with van der Waals surface area (Å²) < 4.78 is 10.9. The molecule has 0 radical (unpaired) electrons. The number of carbonyl (C=O) groups is 2. The van der Waals surface area contributed by atoms with Crippen LogP contribution in [-0.4, -0.2) is 36.3 Å². The Morgan fingerprint density at radius 2 is 2.09 bits per heavy atom. The molecule has 0 saturated carbocycles. The van der Waals surface area contributed by atoms with Gasteiger partial charge in [0.2, 0.25) is 5.91 Å². The van der Waals surface area contributed by atoms with E-state index >= 15 is 0 Å². The highest BCUT2D eigenvalue weighted by Crippen LogP contribution is 2.18. The zero-order valence-electron chi connectivity index (χ0n) is 12.4. The largest absolute Gasteiger partial charge is 0.494 e. The van der Waals surface area contributed by atoms with Gasteiger partial charge < -0.3 is 19.9 Å². The number of nitrogens with one attached hydrogen (secondary N) is 1. The number of benzene rings is 1. The molecule has 6 heteroatoms. The first-order valence-electron chi connectivity index (χ1n) is 7.49. The van der Waals surface area contributed by atoms with E-state index in [0.29, 0.717) is 30.9 Å². The number of hydrogen-bond donors (Lipinski definition) is 2. The molecule has 1 aromatic rings. The van der Waals surface area contributed by atoms with Gasteiger partial charge >= 0.3 is 5.97 Å². The first-order chi connectivity index (χ1) is 10.6. The zero-order chi connectivity index (χ0) is 15.8. The third-order valence-electron chi connectivity index (χ3n) is 3.38. The van der Waals surface area contributed by atoms with E-state index in [-0.39, 0.29) is 18.4 Å². The summed E-state index contributed by atoms with van der Waals surface area (Å²) in [4.78, 5) is 22.2. The molecule has 1 aliphatic heterocycles. The van der Waals surface area contributed by atoms with E-state index in [9.17, 15) is 9.59 Å². The number of amides is 1. The van der Waals surface area contributed by atoms with Crippen LogP contribution in [0.15, 0.2) is 24.3 Å². The molecule has 1 fully saturated rings. The Labute approximate surface area is 129 Å². The maximum atomic E-state index is 11.9. The van der Waals surface area contributed by atoms with Crippen molar-refractivity contribution in [3.63, 3.8) is 0 Å². The Balaban J connectivity index is 1.71. The van der Waals surface area contributed by atoms with E-state index in [4.69, 9.17) is 14.6 Å². The average molecular weight is 307 g/mol. The normalized spacial score (nSPS) is 17.2. The fourth-order valence-electron chi connectivity index (χ4n) is 2.27. The molecule has 6 nitrogen and oxygen atoms in total. The van der Waals surface area contributed by atoms with Gasteiger partial charge in [0.15, 0.2) is 0 Å². The molecule has 1 heterocycles.